The quantitative estimate of drug-likeness (QED) is 0.525. The number of H-pyrrole nitrogens is 2. The van der Waals surface area contributed by atoms with E-state index in [-0.39, 0.29) is 5.56 Å². The van der Waals surface area contributed by atoms with Crippen LogP contribution < -0.4 is 5.56 Å². The van der Waals surface area contributed by atoms with E-state index in [4.69, 9.17) is 0 Å². The van der Waals surface area contributed by atoms with E-state index in [1.165, 1.54) is 0 Å². The predicted molar refractivity (Wildman–Crippen MR) is 102 cm³/mol. The van der Waals surface area contributed by atoms with Crippen LogP contribution in [0.4, 0.5) is 0 Å². The van der Waals surface area contributed by atoms with Gasteiger partial charge in [0.25, 0.3) is 5.56 Å². The molecule has 126 valence electrons. The minimum atomic E-state index is -0.0704. The molecular weight excluding hydrogens is 324 g/mol. The summed E-state index contributed by atoms with van der Waals surface area (Å²) >= 11 is 0. The topological polar surface area (TPSA) is 66.5 Å². The minimum absolute atomic E-state index is 0.0704. The van der Waals surface area contributed by atoms with Crippen LogP contribution in [0.15, 0.2) is 78.0 Å². The van der Waals surface area contributed by atoms with Gasteiger partial charge in [-0.05, 0) is 11.6 Å². The lowest BCUT2D eigenvalue weighted by Crippen LogP contribution is -2.15. The van der Waals surface area contributed by atoms with Crippen molar-refractivity contribution in [2.24, 2.45) is 0 Å². The van der Waals surface area contributed by atoms with Crippen LogP contribution >= 0.6 is 0 Å². The van der Waals surface area contributed by atoms with E-state index in [1.807, 2.05) is 60.9 Å². The van der Waals surface area contributed by atoms with Crippen LogP contribution in [0.3, 0.4) is 0 Å². The summed E-state index contributed by atoms with van der Waals surface area (Å²) in [5.74, 6) is 0.629. The second kappa shape index (κ2) is 5.74. The Morgan fingerprint density at radius 1 is 0.923 bits per heavy atom. The number of aromatic nitrogens is 4. The zero-order chi connectivity index (χ0) is 17.5. The normalized spacial score (nSPS) is 11.4. The summed E-state index contributed by atoms with van der Waals surface area (Å²) in [5, 5.41) is 1.11. The third-order valence-corrected chi connectivity index (χ3v) is 4.67. The van der Waals surface area contributed by atoms with Gasteiger partial charge in [0.1, 0.15) is 5.69 Å². The standard InChI is InChI=1S/C21H16N4O/c26-21-18(10-14-6-2-1-3-7-14)24-20-12-23-19(13-25(20)21)16-11-22-17-9-5-4-8-15(16)17/h1-9,11-13,22-23H,10H2. The first-order chi connectivity index (χ1) is 12.8. The molecule has 0 aliphatic carbocycles. The predicted octanol–water partition coefficient (Wildman–Crippen LogP) is 3.74. The summed E-state index contributed by atoms with van der Waals surface area (Å²) < 4.78 is 1.62. The van der Waals surface area contributed by atoms with Crippen molar-refractivity contribution in [3.63, 3.8) is 0 Å². The fourth-order valence-corrected chi connectivity index (χ4v) is 3.36. The molecule has 2 aliphatic rings. The fraction of sp³-hybridized carbons (Fsp3) is 0.0476. The van der Waals surface area contributed by atoms with Crippen molar-refractivity contribution >= 4 is 10.9 Å². The Kier molecular flexibility index (Phi) is 3.25. The Labute approximate surface area is 149 Å². The van der Waals surface area contributed by atoms with Gasteiger partial charge in [0, 0.05) is 41.5 Å². The minimum Gasteiger partial charge on any atom is -0.360 e. The summed E-state index contributed by atoms with van der Waals surface area (Å²) in [6, 6.07) is 18.0. The molecule has 0 spiro atoms. The monoisotopic (exact) mass is 340 g/mol. The highest BCUT2D eigenvalue weighted by atomic mass is 16.1. The molecule has 5 heteroatoms. The van der Waals surface area contributed by atoms with E-state index >= 15 is 0 Å². The molecule has 2 aliphatic heterocycles. The maximum Gasteiger partial charge on any atom is 0.278 e. The molecule has 0 saturated carbocycles. The summed E-state index contributed by atoms with van der Waals surface area (Å²) in [6.45, 7) is 0. The highest BCUT2D eigenvalue weighted by Crippen LogP contribution is 2.27. The average Bonchev–Trinajstić information content (AvgIpc) is 3.24. The van der Waals surface area contributed by atoms with Crippen LogP contribution in [0, 0.1) is 0 Å². The second-order valence-corrected chi connectivity index (χ2v) is 6.33. The molecule has 3 heterocycles. The maximum atomic E-state index is 12.8. The molecular formula is C21H16N4O. The van der Waals surface area contributed by atoms with Gasteiger partial charge in [0.15, 0.2) is 5.82 Å². The molecule has 0 amide bonds. The lowest BCUT2D eigenvalue weighted by molar-refractivity contribution is 0.972. The number of nitrogens with zero attached hydrogens (tertiary/aromatic N) is 2. The molecule has 1 aromatic heterocycles. The van der Waals surface area contributed by atoms with E-state index < -0.39 is 0 Å². The summed E-state index contributed by atoms with van der Waals surface area (Å²) in [5.41, 5.74) is 4.53. The van der Waals surface area contributed by atoms with Gasteiger partial charge in [-0.15, -0.1) is 0 Å². The molecule has 5 rings (SSSR count). The number of benzene rings is 2. The molecule has 5 nitrogen and oxygen atoms in total. The largest absolute Gasteiger partial charge is 0.360 e. The van der Waals surface area contributed by atoms with Gasteiger partial charge in [-0.2, -0.15) is 0 Å². The number of rotatable bonds is 3. The van der Waals surface area contributed by atoms with Crippen molar-refractivity contribution in [3.8, 4) is 17.1 Å². The summed E-state index contributed by atoms with van der Waals surface area (Å²) in [7, 11) is 0. The molecule has 0 fully saturated rings. The number of nitrogens with one attached hydrogen (secondary N) is 2. The highest BCUT2D eigenvalue weighted by Gasteiger charge is 2.16. The lowest BCUT2D eigenvalue weighted by Gasteiger charge is -2.05. The molecule has 26 heavy (non-hydrogen) atoms. The van der Waals surface area contributed by atoms with E-state index in [9.17, 15) is 4.79 Å². The van der Waals surface area contributed by atoms with Gasteiger partial charge in [-0.3, -0.25) is 9.36 Å². The van der Waals surface area contributed by atoms with Crippen molar-refractivity contribution in [1.29, 1.82) is 0 Å². The number of hydrogen-bond acceptors (Lipinski definition) is 2. The molecule has 2 N–H and O–H groups in total. The van der Waals surface area contributed by atoms with Gasteiger partial charge in [-0.25, -0.2) is 4.98 Å². The van der Waals surface area contributed by atoms with Gasteiger partial charge >= 0.3 is 0 Å². The van der Waals surface area contributed by atoms with Crippen LogP contribution in [-0.2, 0) is 6.42 Å². The Bertz CT molecular complexity index is 1230. The van der Waals surface area contributed by atoms with Crippen LogP contribution in [-0.4, -0.2) is 19.5 Å². The highest BCUT2D eigenvalue weighted by molar-refractivity contribution is 5.94. The van der Waals surface area contributed by atoms with E-state index in [0.29, 0.717) is 17.9 Å². The second-order valence-electron chi connectivity index (χ2n) is 6.33. The first-order valence-corrected chi connectivity index (χ1v) is 8.50. The van der Waals surface area contributed by atoms with Crippen LogP contribution in [0.5, 0.6) is 0 Å². The van der Waals surface area contributed by atoms with Crippen molar-refractivity contribution in [2.45, 2.75) is 6.42 Å². The molecule has 0 unspecified atom stereocenters. The summed E-state index contributed by atoms with van der Waals surface area (Å²) in [4.78, 5) is 23.8. The van der Waals surface area contributed by atoms with E-state index in [2.05, 4.69) is 21.0 Å². The van der Waals surface area contributed by atoms with Crippen molar-refractivity contribution in [1.82, 2.24) is 19.5 Å². The fourth-order valence-electron chi connectivity index (χ4n) is 3.36. The zero-order valence-corrected chi connectivity index (χ0v) is 13.9. The number of fused-ring (bicyclic) bond motifs is 2. The number of aromatic amines is 2. The number of para-hydroxylation sites is 1. The Morgan fingerprint density at radius 2 is 1.73 bits per heavy atom. The van der Waals surface area contributed by atoms with Gasteiger partial charge < -0.3 is 9.97 Å². The van der Waals surface area contributed by atoms with Crippen molar-refractivity contribution in [2.75, 3.05) is 0 Å². The van der Waals surface area contributed by atoms with Crippen LogP contribution in [0.2, 0.25) is 0 Å². The molecule has 0 atom stereocenters. The third-order valence-electron chi connectivity index (χ3n) is 4.67. The van der Waals surface area contributed by atoms with Crippen LogP contribution in [0.25, 0.3) is 28.0 Å². The van der Waals surface area contributed by atoms with E-state index in [0.717, 1.165) is 27.7 Å². The Hall–Kier alpha value is -3.60. The first-order valence-electron chi connectivity index (χ1n) is 8.50. The summed E-state index contributed by atoms with van der Waals surface area (Å²) in [6.07, 6.45) is 6.10. The Balaban J connectivity index is 1.61. The van der Waals surface area contributed by atoms with Crippen molar-refractivity contribution < 1.29 is 0 Å². The first kappa shape index (κ1) is 14.7. The van der Waals surface area contributed by atoms with Crippen LogP contribution in [0.1, 0.15) is 11.3 Å². The number of hydrogen-bond donors (Lipinski definition) is 2. The van der Waals surface area contributed by atoms with Crippen molar-refractivity contribution in [3.05, 3.63) is 94.8 Å². The van der Waals surface area contributed by atoms with Gasteiger partial charge in [0.2, 0.25) is 0 Å². The molecule has 3 aromatic rings. The SMILES string of the molecule is O=c1c(Cc2ccccc2)nc2c[nH]c(-c3c[nH]c4ccccc34)cn1-2. The zero-order valence-electron chi connectivity index (χ0n) is 13.9. The molecule has 0 saturated heterocycles. The van der Waals surface area contributed by atoms with E-state index in [1.54, 1.807) is 10.8 Å². The number of imidazole rings is 1. The Morgan fingerprint density at radius 3 is 2.62 bits per heavy atom. The molecule has 2 aromatic carbocycles. The van der Waals surface area contributed by atoms with Gasteiger partial charge in [0.05, 0.1) is 5.69 Å². The van der Waals surface area contributed by atoms with Gasteiger partial charge in [-0.1, -0.05) is 48.5 Å². The smallest absolute Gasteiger partial charge is 0.278 e. The average molecular weight is 340 g/mol. The third kappa shape index (κ3) is 2.33. The lowest BCUT2D eigenvalue weighted by atomic mass is 10.1. The molecule has 0 radical (unpaired) electrons. The molecule has 0 bridgehead atoms. The maximum absolute atomic E-state index is 12.8.